The van der Waals surface area contributed by atoms with Gasteiger partial charge in [0.1, 0.15) is 19.8 Å². The molecule has 32 heteroatoms. The van der Waals surface area contributed by atoms with Crippen molar-refractivity contribution in [2.75, 3.05) is 79.3 Å². The minimum absolute atomic E-state index is 0.0439. The van der Waals surface area contributed by atoms with Crippen molar-refractivity contribution in [3.05, 3.63) is 71.3 Å². The lowest BCUT2D eigenvalue weighted by Crippen LogP contribution is -2.41. The summed E-state index contributed by atoms with van der Waals surface area (Å²) >= 11 is 19.1. The van der Waals surface area contributed by atoms with Crippen molar-refractivity contribution in [3.63, 3.8) is 0 Å². The molecule has 0 spiro atoms. The van der Waals surface area contributed by atoms with Gasteiger partial charge < -0.3 is 84.5 Å². The third-order valence-corrected chi connectivity index (χ3v) is 21.2. The molecule has 24 nitrogen and oxygen atoms in total. The van der Waals surface area contributed by atoms with Crippen LogP contribution in [0, 0.1) is 0 Å². The maximum absolute atomic E-state index is 11.0. The fourth-order valence-corrected chi connectivity index (χ4v) is 17.7. The highest BCUT2D eigenvalue weighted by Gasteiger charge is 2.41. The van der Waals surface area contributed by atoms with Gasteiger partial charge in [-0.05, 0) is 193 Å². The highest BCUT2D eigenvalue weighted by atomic mass is 35.9. The number of benzene rings is 3. The van der Waals surface area contributed by atoms with Crippen LogP contribution in [-0.2, 0) is 45.8 Å². The van der Waals surface area contributed by atoms with Crippen LogP contribution >= 0.6 is 72.8 Å². The van der Waals surface area contributed by atoms with Gasteiger partial charge in [-0.1, -0.05) is 77.5 Å². The Labute approximate surface area is 559 Å². The molecule has 0 radical (unpaired) electrons. The number of hydrogen-bond donors (Lipinski definition) is 8. The molecule has 3 aliphatic carbocycles. The quantitative estimate of drug-likeness (QED) is 0.0227. The van der Waals surface area contributed by atoms with E-state index in [0.29, 0.717) is 94.2 Å². The number of halogens is 4. The second kappa shape index (κ2) is 37.2. The molecule has 0 saturated heterocycles. The molecule has 11 N–H and O–H groups in total. The van der Waals surface area contributed by atoms with Crippen LogP contribution in [0.3, 0.4) is 0 Å². The Bertz CT molecular complexity index is 2810. The standard InChI is InChI=1S/2C20H32NO7P.C20H31NO4.Cl4O3P2/c2*1-2-3-4-9-25-12-17-13-26-19-10-15(5-6-18(19)28-17)16-7-8-20(21,11-16)14-27-29(22,23)24;1-2-3-4-9-23-12-17-13-24-19-10-15(5-6-18(19)25-17)16-7-8-20(21,11-16)14-22;1-8(2,5)7-9(3,4)6/h2*5-6,10,16-17H,2-4,7-9,11-14,21H2,1H3,(H2,22,23,24);5-6,10,16-17,22H,2-4,7-9,11-14,21H2,1H3;/t3*16-,17+,20+;/m000./s1. The van der Waals surface area contributed by atoms with Crippen molar-refractivity contribution in [3.8, 4) is 34.5 Å². The zero-order valence-electron chi connectivity index (χ0n) is 52.7. The second-order valence-electron chi connectivity index (χ2n) is 24.6. The minimum Gasteiger partial charge on any atom is -0.486 e. The molecule has 3 aromatic rings. The predicted octanol–water partition coefficient (Wildman–Crippen LogP) is 13.4. The van der Waals surface area contributed by atoms with Crippen LogP contribution in [0.1, 0.15) is 171 Å². The third-order valence-electron chi connectivity index (χ3n) is 16.5. The average Bonchev–Trinajstić information content (AvgIpc) is 1.45. The van der Waals surface area contributed by atoms with Crippen LogP contribution in [-0.4, -0.2) is 139 Å². The molecule has 0 amide bonds. The SMILES string of the molecule is CCCCCOC[C@@H]1COc2cc([C@H]3CC[C@](N)(CO)C3)ccc2O1.CCCCCOC[C@@H]1COc2cc([C@H]3CC[C@](N)(COP(=O)(O)O)C3)ccc2O1.CCCCCOC[C@@H]1COc2cc([C@H]3CC[C@](N)(COP(=O)(O)O)C3)ccc2O1.O=P(Cl)(Cl)OP(=O)(Cl)Cl. The molecule has 3 heterocycles. The summed E-state index contributed by atoms with van der Waals surface area (Å²) in [6, 6.07) is 18.0. The number of phosphoric acid groups is 2. The number of rotatable bonds is 30. The van der Waals surface area contributed by atoms with Gasteiger partial charge in [0.15, 0.2) is 52.8 Å². The van der Waals surface area contributed by atoms with Crippen molar-refractivity contribution in [1.29, 1.82) is 0 Å². The van der Waals surface area contributed by atoms with Crippen LogP contribution in [0.15, 0.2) is 54.6 Å². The van der Waals surface area contributed by atoms with E-state index < -0.39 is 44.4 Å². The van der Waals surface area contributed by atoms with Crippen LogP contribution in [0.5, 0.6) is 34.5 Å². The number of ether oxygens (including phenoxy) is 9. The van der Waals surface area contributed by atoms with Gasteiger partial charge >= 0.3 is 27.8 Å². The zero-order valence-corrected chi connectivity index (χ0v) is 59.3. The first-order valence-corrected chi connectivity index (χ1v) is 41.4. The highest BCUT2D eigenvalue weighted by molar-refractivity contribution is 8.15. The van der Waals surface area contributed by atoms with E-state index in [2.05, 4.69) is 46.3 Å². The number of aliphatic hydroxyl groups excluding tert-OH is 1. The summed E-state index contributed by atoms with van der Waals surface area (Å²) in [6.45, 7) is 11.6. The van der Waals surface area contributed by atoms with E-state index in [-0.39, 0.29) is 50.0 Å². The van der Waals surface area contributed by atoms with Gasteiger partial charge in [0, 0.05) is 36.4 Å². The Morgan fingerprint density at radius 2 is 0.783 bits per heavy atom. The summed E-state index contributed by atoms with van der Waals surface area (Å²) in [6.07, 6.45) is 9.13. The molecule has 9 atom stereocenters. The Morgan fingerprint density at radius 3 is 1.04 bits per heavy atom. The molecule has 9 rings (SSSR count). The molecule has 0 bridgehead atoms. The summed E-state index contributed by atoms with van der Waals surface area (Å²) in [5, 5.41) is 9.45. The van der Waals surface area contributed by atoms with E-state index in [9.17, 15) is 23.4 Å². The maximum Gasteiger partial charge on any atom is 0.469 e. The normalized spacial score (nSPS) is 25.8. The van der Waals surface area contributed by atoms with E-state index in [1.54, 1.807) is 0 Å². The molecule has 3 aliphatic heterocycles. The molecular formula is C60H95Cl4N3O21P4. The van der Waals surface area contributed by atoms with Crippen molar-refractivity contribution >= 4 is 72.8 Å². The topological polar surface area (TPSA) is 358 Å². The van der Waals surface area contributed by atoms with Gasteiger partial charge in [-0.2, -0.15) is 0 Å². The number of aliphatic hydroxyl groups is 1. The predicted molar refractivity (Wildman–Crippen MR) is 353 cm³/mol. The number of nitrogens with two attached hydrogens (primary N) is 3. The fourth-order valence-electron chi connectivity index (χ4n) is 11.7. The molecule has 6 aliphatic rings. The van der Waals surface area contributed by atoms with E-state index in [4.69, 9.17) is 124 Å². The molecule has 524 valence electrons. The Hall–Kier alpha value is -2.02. The monoisotopic (exact) mass is 1460 g/mol. The lowest BCUT2D eigenvalue weighted by molar-refractivity contribution is 0.00779. The van der Waals surface area contributed by atoms with E-state index in [1.807, 2.05) is 42.5 Å². The largest absolute Gasteiger partial charge is 0.486 e. The van der Waals surface area contributed by atoms with Crippen molar-refractivity contribution < 1.29 is 98.9 Å². The van der Waals surface area contributed by atoms with Crippen LogP contribution in [0.25, 0.3) is 0 Å². The van der Waals surface area contributed by atoms with Crippen molar-refractivity contribution in [1.82, 2.24) is 0 Å². The lowest BCUT2D eigenvalue weighted by Gasteiger charge is -2.27. The van der Waals surface area contributed by atoms with Crippen LogP contribution in [0.4, 0.5) is 0 Å². The summed E-state index contributed by atoms with van der Waals surface area (Å²) < 4.78 is 108. The summed E-state index contributed by atoms with van der Waals surface area (Å²) in [5.74, 6) is 5.20. The van der Waals surface area contributed by atoms with Gasteiger partial charge in [-0.25, -0.2) is 13.4 Å². The third kappa shape index (κ3) is 28.4. The lowest BCUT2D eigenvalue weighted by atomic mass is 9.93. The average molecular weight is 1460 g/mol. The van der Waals surface area contributed by atoms with Crippen LogP contribution in [0.2, 0.25) is 0 Å². The molecule has 92 heavy (non-hydrogen) atoms. The van der Waals surface area contributed by atoms with Gasteiger partial charge in [0.05, 0.1) is 39.6 Å². The number of hydrogen-bond acceptors (Lipinski definition) is 20. The van der Waals surface area contributed by atoms with Crippen LogP contribution < -0.4 is 45.6 Å². The van der Waals surface area contributed by atoms with Crippen molar-refractivity contribution in [2.45, 2.75) is 189 Å². The highest BCUT2D eigenvalue weighted by Crippen LogP contribution is 2.74. The van der Waals surface area contributed by atoms with Crippen molar-refractivity contribution in [2.24, 2.45) is 17.2 Å². The van der Waals surface area contributed by atoms with Gasteiger partial charge in [-0.3, -0.25) is 18.2 Å². The molecule has 3 aromatic carbocycles. The smallest absolute Gasteiger partial charge is 0.469 e. The number of unbranched alkanes of at least 4 members (excludes halogenated alkanes) is 6. The summed E-state index contributed by atoms with van der Waals surface area (Å²) in [7, 11) is -9.03. The first-order valence-electron chi connectivity index (χ1n) is 31.5. The van der Waals surface area contributed by atoms with E-state index in [0.717, 1.165) is 93.8 Å². The summed E-state index contributed by atoms with van der Waals surface area (Å²) in [5.41, 5.74) is 20.3. The molecule has 3 saturated carbocycles. The second-order valence-corrected chi connectivity index (χ2v) is 35.8. The zero-order chi connectivity index (χ0) is 67.2. The fraction of sp³-hybridized carbons (Fsp3) is 0.700. The molecule has 0 aromatic heterocycles. The first kappa shape index (κ1) is 79.0. The summed E-state index contributed by atoms with van der Waals surface area (Å²) in [4.78, 5) is 35.7. The van der Waals surface area contributed by atoms with E-state index >= 15 is 0 Å². The Balaban J connectivity index is 0.000000206. The molecule has 0 unspecified atom stereocenters. The minimum atomic E-state index is -4.52. The van der Waals surface area contributed by atoms with Gasteiger partial charge in [-0.15, -0.1) is 0 Å². The number of phosphoric ester groups is 2. The van der Waals surface area contributed by atoms with Gasteiger partial charge in [0.25, 0.3) is 0 Å². The van der Waals surface area contributed by atoms with Gasteiger partial charge in [0.2, 0.25) is 0 Å². The first-order chi connectivity index (χ1) is 43.4. The molecular weight excluding hydrogens is 1360 g/mol. The Morgan fingerprint density at radius 1 is 0.478 bits per heavy atom. The maximum atomic E-state index is 11.0. The molecule has 3 fully saturated rings. The van der Waals surface area contributed by atoms with E-state index in [1.165, 1.54) is 44.1 Å². The number of fused-ring (bicyclic) bond motifs is 3. The Kier molecular flexibility index (Phi) is 32.0.